The lowest BCUT2D eigenvalue weighted by Gasteiger charge is -2.03. The molecule has 2 N–H and O–H groups in total. The molecule has 0 atom stereocenters. The summed E-state index contributed by atoms with van der Waals surface area (Å²) >= 11 is 17.9. The monoisotopic (exact) mass is 317 g/mol. The standard InChI is InChI=1S/C13H10Cl3NO2/c14-9-6-11(16)10(15)5-8(9)12-3-1-7(19-12)2-4-13(17)18/h1,3,5-6H,2,4H2,(H2,17,18). The molecule has 0 radical (unpaired) electrons. The number of carbonyl (C=O) groups is 1. The number of amides is 1. The van der Waals surface area contributed by atoms with E-state index >= 15 is 0 Å². The lowest BCUT2D eigenvalue weighted by atomic mass is 10.2. The number of halogens is 3. The molecule has 0 saturated heterocycles. The Kier molecular flexibility index (Phi) is 4.40. The second-order valence-electron chi connectivity index (χ2n) is 3.98. The highest BCUT2D eigenvalue weighted by molar-refractivity contribution is 6.44. The van der Waals surface area contributed by atoms with Gasteiger partial charge >= 0.3 is 0 Å². The number of primary amides is 1. The zero-order valence-corrected chi connectivity index (χ0v) is 12.0. The number of hydrogen-bond acceptors (Lipinski definition) is 2. The number of furan rings is 1. The molecule has 0 saturated carbocycles. The van der Waals surface area contributed by atoms with Crippen molar-refractivity contribution in [3.63, 3.8) is 0 Å². The van der Waals surface area contributed by atoms with Gasteiger partial charge in [0, 0.05) is 18.4 Å². The fraction of sp³-hybridized carbons (Fsp3) is 0.154. The molecule has 0 bridgehead atoms. The molecular weight excluding hydrogens is 309 g/mol. The predicted molar refractivity (Wildman–Crippen MR) is 76.7 cm³/mol. The molecule has 6 heteroatoms. The normalized spacial score (nSPS) is 10.7. The van der Waals surface area contributed by atoms with Crippen LogP contribution >= 0.6 is 34.8 Å². The Morgan fingerprint density at radius 3 is 2.47 bits per heavy atom. The van der Waals surface area contributed by atoms with Crippen molar-refractivity contribution in [2.24, 2.45) is 5.73 Å². The van der Waals surface area contributed by atoms with Gasteiger partial charge in [0.1, 0.15) is 11.5 Å². The maximum atomic E-state index is 10.7. The molecule has 1 aromatic heterocycles. The van der Waals surface area contributed by atoms with Crippen LogP contribution < -0.4 is 5.73 Å². The Morgan fingerprint density at radius 2 is 1.79 bits per heavy atom. The Balaban J connectivity index is 2.27. The van der Waals surface area contributed by atoms with Gasteiger partial charge in [-0.15, -0.1) is 0 Å². The molecule has 0 aliphatic heterocycles. The number of carbonyl (C=O) groups excluding carboxylic acids is 1. The van der Waals surface area contributed by atoms with E-state index in [0.717, 1.165) is 0 Å². The smallest absolute Gasteiger partial charge is 0.217 e. The predicted octanol–water partition coefficient (Wildman–Crippen LogP) is 4.32. The fourth-order valence-corrected chi connectivity index (χ4v) is 2.25. The third-order valence-corrected chi connectivity index (χ3v) is 3.59. The van der Waals surface area contributed by atoms with Gasteiger partial charge < -0.3 is 10.2 Å². The van der Waals surface area contributed by atoms with Crippen molar-refractivity contribution in [1.29, 1.82) is 0 Å². The maximum Gasteiger partial charge on any atom is 0.217 e. The van der Waals surface area contributed by atoms with Gasteiger partial charge in [-0.2, -0.15) is 0 Å². The highest BCUT2D eigenvalue weighted by atomic mass is 35.5. The highest BCUT2D eigenvalue weighted by Crippen LogP contribution is 2.36. The van der Waals surface area contributed by atoms with Crippen LogP contribution in [0.5, 0.6) is 0 Å². The minimum absolute atomic E-state index is 0.238. The summed E-state index contributed by atoms with van der Waals surface area (Å²) in [6.45, 7) is 0. The summed E-state index contributed by atoms with van der Waals surface area (Å²) in [5.74, 6) is 0.865. The molecule has 1 amide bonds. The van der Waals surface area contributed by atoms with Crippen molar-refractivity contribution < 1.29 is 9.21 Å². The molecule has 19 heavy (non-hydrogen) atoms. The first kappa shape index (κ1) is 14.3. The topological polar surface area (TPSA) is 56.2 Å². The molecule has 0 fully saturated rings. The zero-order chi connectivity index (χ0) is 14.0. The van der Waals surface area contributed by atoms with E-state index in [1.807, 2.05) is 0 Å². The largest absolute Gasteiger partial charge is 0.461 e. The van der Waals surface area contributed by atoms with Crippen molar-refractivity contribution in [2.75, 3.05) is 0 Å². The molecule has 0 aliphatic carbocycles. The van der Waals surface area contributed by atoms with Crippen LogP contribution in [-0.2, 0) is 11.2 Å². The molecule has 2 rings (SSSR count). The van der Waals surface area contributed by atoms with Crippen molar-refractivity contribution in [3.8, 4) is 11.3 Å². The van der Waals surface area contributed by atoms with E-state index in [-0.39, 0.29) is 12.3 Å². The van der Waals surface area contributed by atoms with Crippen LogP contribution in [0.3, 0.4) is 0 Å². The van der Waals surface area contributed by atoms with Gasteiger partial charge in [0.15, 0.2) is 0 Å². The quantitative estimate of drug-likeness (QED) is 0.853. The van der Waals surface area contributed by atoms with Crippen LogP contribution in [0.4, 0.5) is 0 Å². The van der Waals surface area contributed by atoms with Crippen molar-refractivity contribution in [2.45, 2.75) is 12.8 Å². The summed E-state index contributed by atoms with van der Waals surface area (Å²) in [6.07, 6.45) is 0.691. The number of nitrogens with two attached hydrogens (primary N) is 1. The first-order valence-corrected chi connectivity index (χ1v) is 6.62. The number of hydrogen-bond donors (Lipinski definition) is 1. The third kappa shape index (κ3) is 3.44. The number of benzene rings is 1. The van der Waals surface area contributed by atoms with Gasteiger partial charge in [0.2, 0.25) is 5.91 Å². The lowest BCUT2D eigenvalue weighted by Crippen LogP contribution is -2.10. The minimum Gasteiger partial charge on any atom is -0.461 e. The summed E-state index contributed by atoms with van der Waals surface area (Å²) in [6, 6.07) is 6.74. The summed E-state index contributed by atoms with van der Waals surface area (Å²) in [4.78, 5) is 10.7. The molecule has 2 aromatic rings. The average molecular weight is 319 g/mol. The Labute approximate surface area is 125 Å². The highest BCUT2D eigenvalue weighted by Gasteiger charge is 2.12. The van der Waals surface area contributed by atoms with E-state index < -0.39 is 0 Å². The van der Waals surface area contributed by atoms with Crippen LogP contribution in [0.2, 0.25) is 15.1 Å². The molecule has 3 nitrogen and oxygen atoms in total. The van der Waals surface area contributed by atoms with E-state index in [1.54, 1.807) is 24.3 Å². The Bertz CT molecular complexity index is 622. The van der Waals surface area contributed by atoms with Crippen LogP contribution in [0, 0.1) is 0 Å². The lowest BCUT2D eigenvalue weighted by molar-refractivity contribution is -0.118. The van der Waals surface area contributed by atoms with Gasteiger partial charge in [-0.3, -0.25) is 4.79 Å². The second kappa shape index (κ2) is 5.87. The van der Waals surface area contributed by atoms with E-state index in [0.29, 0.717) is 38.6 Å². The zero-order valence-electron chi connectivity index (χ0n) is 9.75. The molecular formula is C13H10Cl3NO2. The first-order valence-electron chi connectivity index (χ1n) is 5.49. The van der Waals surface area contributed by atoms with Crippen molar-refractivity contribution >= 4 is 40.7 Å². The summed E-state index contributed by atoms with van der Waals surface area (Å²) in [7, 11) is 0. The van der Waals surface area contributed by atoms with Crippen LogP contribution in [0.15, 0.2) is 28.7 Å². The SMILES string of the molecule is NC(=O)CCc1ccc(-c2cc(Cl)c(Cl)cc2Cl)o1. The van der Waals surface area contributed by atoms with Gasteiger partial charge in [0.05, 0.1) is 15.1 Å². The van der Waals surface area contributed by atoms with Crippen LogP contribution in [0.25, 0.3) is 11.3 Å². The second-order valence-corrected chi connectivity index (χ2v) is 5.20. The van der Waals surface area contributed by atoms with Gasteiger partial charge in [-0.1, -0.05) is 34.8 Å². The fourth-order valence-electron chi connectivity index (χ4n) is 1.61. The van der Waals surface area contributed by atoms with Gasteiger partial charge in [0.25, 0.3) is 0 Å². The molecule has 0 aliphatic rings. The van der Waals surface area contributed by atoms with Crippen molar-refractivity contribution in [3.05, 3.63) is 45.1 Å². The van der Waals surface area contributed by atoms with E-state index in [1.165, 1.54) is 0 Å². The van der Waals surface area contributed by atoms with E-state index in [9.17, 15) is 4.79 Å². The van der Waals surface area contributed by atoms with E-state index in [2.05, 4.69) is 0 Å². The number of aryl methyl sites for hydroxylation is 1. The number of rotatable bonds is 4. The molecule has 1 aromatic carbocycles. The van der Waals surface area contributed by atoms with Crippen LogP contribution in [0.1, 0.15) is 12.2 Å². The Hall–Kier alpha value is -1.16. The average Bonchev–Trinajstić information content (AvgIpc) is 2.80. The van der Waals surface area contributed by atoms with Crippen LogP contribution in [-0.4, -0.2) is 5.91 Å². The third-order valence-electron chi connectivity index (χ3n) is 2.55. The summed E-state index contributed by atoms with van der Waals surface area (Å²) in [5.41, 5.74) is 5.74. The first-order chi connectivity index (χ1) is 8.97. The van der Waals surface area contributed by atoms with Gasteiger partial charge in [-0.25, -0.2) is 0 Å². The van der Waals surface area contributed by atoms with E-state index in [4.69, 9.17) is 45.0 Å². The summed E-state index contributed by atoms with van der Waals surface area (Å²) in [5, 5.41) is 1.23. The summed E-state index contributed by atoms with van der Waals surface area (Å²) < 4.78 is 5.60. The molecule has 100 valence electrons. The molecule has 0 spiro atoms. The molecule has 0 unspecified atom stereocenters. The van der Waals surface area contributed by atoms with Gasteiger partial charge in [-0.05, 0) is 24.3 Å². The molecule has 1 heterocycles. The minimum atomic E-state index is -0.370. The maximum absolute atomic E-state index is 10.7. The Morgan fingerprint density at radius 1 is 1.11 bits per heavy atom. The van der Waals surface area contributed by atoms with Crippen molar-refractivity contribution in [1.82, 2.24) is 0 Å².